The molecule has 1 unspecified atom stereocenters. The Balaban J connectivity index is 4.81. The van der Waals surface area contributed by atoms with Crippen molar-refractivity contribution in [1.29, 1.82) is 5.26 Å². The van der Waals surface area contributed by atoms with E-state index in [-0.39, 0.29) is 5.41 Å². The van der Waals surface area contributed by atoms with E-state index >= 15 is 0 Å². The Morgan fingerprint density at radius 3 is 1.54 bits per heavy atom. The second kappa shape index (κ2) is 3.31. The minimum absolute atomic E-state index is 0.0300. The minimum atomic E-state index is -1.23. The summed E-state index contributed by atoms with van der Waals surface area (Å²) in [5, 5.41) is 19.1. The van der Waals surface area contributed by atoms with E-state index < -0.39 is 11.0 Å². The van der Waals surface area contributed by atoms with Crippen molar-refractivity contribution in [3.05, 3.63) is 0 Å². The molecule has 0 saturated heterocycles. The second-order valence-electron chi connectivity index (χ2n) is 5.96. The van der Waals surface area contributed by atoms with E-state index in [0.29, 0.717) is 6.42 Å². The van der Waals surface area contributed by atoms with E-state index in [9.17, 15) is 5.11 Å². The monoisotopic (exact) mass is 183 g/mol. The average Bonchev–Trinajstić information content (AvgIpc) is 1.81. The SMILES string of the molecule is CC(C)(C)CC(O)(C#N)C(C)(C)C. The molecule has 0 bridgehead atoms. The zero-order chi connectivity index (χ0) is 10.9. The summed E-state index contributed by atoms with van der Waals surface area (Å²) in [5.41, 5.74) is -1.65. The first-order chi connectivity index (χ1) is 5.52. The van der Waals surface area contributed by atoms with Gasteiger partial charge in [-0.15, -0.1) is 0 Å². The fourth-order valence-corrected chi connectivity index (χ4v) is 1.24. The summed E-state index contributed by atoms with van der Waals surface area (Å²) >= 11 is 0. The van der Waals surface area contributed by atoms with Gasteiger partial charge in [0.25, 0.3) is 0 Å². The Morgan fingerprint density at radius 1 is 1.08 bits per heavy atom. The molecule has 1 atom stereocenters. The van der Waals surface area contributed by atoms with Gasteiger partial charge in [0, 0.05) is 5.41 Å². The molecule has 13 heavy (non-hydrogen) atoms. The second-order valence-corrected chi connectivity index (χ2v) is 5.96. The van der Waals surface area contributed by atoms with Crippen molar-refractivity contribution >= 4 is 0 Å². The molecule has 0 spiro atoms. The highest BCUT2D eigenvalue weighted by Crippen LogP contribution is 2.38. The van der Waals surface area contributed by atoms with Crippen LogP contribution < -0.4 is 0 Å². The molecular weight excluding hydrogens is 162 g/mol. The largest absolute Gasteiger partial charge is 0.375 e. The van der Waals surface area contributed by atoms with Crippen LogP contribution in [0.3, 0.4) is 0 Å². The summed E-state index contributed by atoms with van der Waals surface area (Å²) in [6.45, 7) is 11.8. The average molecular weight is 183 g/mol. The maximum atomic E-state index is 10.1. The molecule has 0 saturated carbocycles. The van der Waals surface area contributed by atoms with E-state index in [2.05, 4.69) is 0 Å². The van der Waals surface area contributed by atoms with Crippen molar-refractivity contribution in [3.8, 4) is 6.07 Å². The number of aliphatic hydroxyl groups is 1. The highest BCUT2D eigenvalue weighted by atomic mass is 16.3. The summed E-state index contributed by atoms with van der Waals surface area (Å²) in [5.74, 6) is 0. The van der Waals surface area contributed by atoms with Crippen LogP contribution in [0.25, 0.3) is 0 Å². The molecule has 0 aliphatic heterocycles. The molecule has 1 N–H and O–H groups in total. The smallest absolute Gasteiger partial charge is 0.156 e. The first-order valence-electron chi connectivity index (χ1n) is 4.65. The zero-order valence-corrected chi connectivity index (χ0v) is 9.60. The predicted molar refractivity (Wildman–Crippen MR) is 54.1 cm³/mol. The topological polar surface area (TPSA) is 44.0 Å². The number of nitriles is 1. The normalized spacial score (nSPS) is 17.7. The standard InChI is InChI=1S/C11H21NO/c1-9(2,3)7-11(13,8-12)10(4,5)6/h13H,7H2,1-6H3. The van der Waals surface area contributed by atoms with Crippen LogP contribution in [0.15, 0.2) is 0 Å². The van der Waals surface area contributed by atoms with Crippen molar-refractivity contribution in [1.82, 2.24) is 0 Å². The summed E-state index contributed by atoms with van der Waals surface area (Å²) in [6, 6.07) is 2.03. The van der Waals surface area contributed by atoms with Gasteiger partial charge in [-0.05, 0) is 11.8 Å². The molecule has 0 radical (unpaired) electrons. The van der Waals surface area contributed by atoms with Crippen molar-refractivity contribution < 1.29 is 5.11 Å². The third-order valence-electron chi connectivity index (χ3n) is 2.21. The Bertz CT molecular complexity index is 214. The van der Waals surface area contributed by atoms with Crippen molar-refractivity contribution in [3.63, 3.8) is 0 Å². The third-order valence-corrected chi connectivity index (χ3v) is 2.21. The van der Waals surface area contributed by atoms with Crippen LogP contribution in [0.4, 0.5) is 0 Å². The van der Waals surface area contributed by atoms with Crippen LogP contribution in [0.5, 0.6) is 0 Å². The first-order valence-corrected chi connectivity index (χ1v) is 4.65. The van der Waals surface area contributed by atoms with Gasteiger partial charge in [-0.2, -0.15) is 5.26 Å². The first kappa shape index (κ1) is 12.4. The van der Waals surface area contributed by atoms with Gasteiger partial charge >= 0.3 is 0 Å². The minimum Gasteiger partial charge on any atom is -0.375 e. The summed E-state index contributed by atoms with van der Waals surface area (Å²) < 4.78 is 0. The number of hydrogen-bond acceptors (Lipinski definition) is 2. The molecule has 0 aliphatic rings. The quantitative estimate of drug-likeness (QED) is 0.635. The molecule has 0 heterocycles. The lowest BCUT2D eigenvalue weighted by Crippen LogP contribution is -2.44. The van der Waals surface area contributed by atoms with Gasteiger partial charge in [0.05, 0.1) is 6.07 Å². The van der Waals surface area contributed by atoms with Gasteiger partial charge in [-0.3, -0.25) is 0 Å². The van der Waals surface area contributed by atoms with E-state index in [1.165, 1.54) is 0 Å². The van der Waals surface area contributed by atoms with Gasteiger partial charge in [-0.1, -0.05) is 41.5 Å². The number of nitrogens with zero attached hydrogens (tertiary/aromatic N) is 1. The van der Waals surface area contributed by atoms with Crippen LogP contribution in [-0.2, 0) is 0 Å². The van der Waals surface area contributed by atoms with Gasteiger partial charge in [0.15, 0.2) is 5.60 Å². The molecule has 76 valence electrons. The molecule has 0 fully saturated rings. The Hall–Kier alpha value is -0.550. The molecule has 0 aromatic carbocycles. The highest BCUT2D eigenvalue weighted by Gasteiger charge is 2.42. The fraction of sp³-hybridized carbons (Fsp3) is 0.909. The molecule has 2 heteroatoms. The Morgan fingerprint density at radius 2 is 1.46 bits per heavy atom. The molecular formula is C11H21NO. The predicted octanol–water partition coefficient (Wildman–Crippen LogP) is 2.72. The van der Waals surface area contributed by atoms with Crippen LogP contribution in [-0.4, -0.2) is 10.7 Å². The molecule has 0 aliphatic carbocycles. The highest BCUT2D eigenvalue weighted by molar-refractivity contribution is 5.09. The molecule has 0 aromatic rings. The van der Waals surface area contributed by atoms with Crippen LogP contribution in [0.2, 0.25) is 0 Å². The van der Waals surface area contributed by atoms with Gasteiger partial charge in [0.2, 0.25) is 0 Å². The molecule has 2 nitrogen and oxygen atoms in total. The summed E-state index contributed by atoms with van der Waals surface area (Å²) in [4.78, 5) is 0. The summed E-state index contributed by atoms with van der Waals surface area (Å²) in [7, 11) is 0. The fourth-order valence-electron chi connectivity index (χ4n) is 1.24. The number of rotatable bonds is 1. The lowest BCUT2D eigenvalue weighted by Gasteiger charge is -2.38. The van der Waals surface area contributed by atoms with Crippen molar-refractivity contribution in [2.45, 2.75) is 53.6 Å². The Labute approximate surface area is 81.6 Å². The maximum absolute atomic E-state index is 10.1. The lowest BCUT2D eigenvalue weighted by molar-refractivity contribution is -0.0368. The molecule has 0 rings (SSSR count). The van der Waals surface area contributed by atoms with Crippen molar-refractivity contribution in [2.75, 3.05) is 0 Å². The van der Waals surface area contributed by atoms with Gasteiger partial charge in [0.1, 0.15) is 0 Å². The van der Waals surface area contributed by atoms with Gasteiger partial charge in [-0.25, -0.2) is 0 Å². The van der Waals surface area contributed by atoms with Crippen molar-refractivity contribution in [2.24, 2.45) is 10.8 Å². The van der Waals surface area contributed by atoms with Gasteiger partial charge < -0.3 is 5.11 Å². The van der Waals surface area contributed by atoms with E-state index in [0.717, 1.165) is 0 Å². The summed E-state index contributed by atoms with van der Waals surface area (Å²) in [6.07, 6.45) is 0.500. The molecule has 0 amide bonds. The molecule has 0 aromatic heterocycles. The zero-order valence-electron chi connectivity index (χ0n) is 9.60. The van der Waals surface area contributed by atoms with E-state index in [1.54, 1.807) is 0 Å². The van der Waals surface area contributed by atoms with E-state index in [4.69, 9.17) is 5.26 Å². The Kier molecular flexibility index (Phi) is 3.17. The van der Waals surface area contributed by atoms with Crippen LogP contribution >= 0.6 is 0 Å². The van der Waals surface area contributed by atoms with Crippen LogP contribution in [0.1, 0.15) is 48.0 Å². The van der Waals surface area contributed by atoms with E-state index in [1.807, 2.05) is 47.6 Å². The maximum Gasteiger partial charge on any atom is 0.156 e. The van der Waals surface area contributed by atoms with Crippen LogP contribution in [0, 0.1) is 22.2 Å². The lowest BCUT2D eigenvalue weighted by atomic mass is 9.69. The third kappa shape index (κ3) is 3.36. The number of hydrogen-bond donors (Lipinski definition) is 1.